The molecule has 3 heterocycles. The van der Waals surface area contributed by atoms with Gasteiger partial charge in [-0.05, 0) is 31.5 Å². The maximum atomic E-state index is 12.1. The van der Waals surface area contributed by atoms with Gasteiger partial charge in [-0.15, -0.1) is 0 Å². The number of carbonyl (C=O) groups is 1. The van der Waals surface area contributed by atoms with Crippen LogP contribution in [0.25, 0.3) is 0 Å². The fraction of sp³-hybridized carbons (Fsp3) is 0.571. The molecule has 0 spiro atoms. The highest BCUT2D eigenvalue weighted by atomic mass is 35.5. The highest BCUT2D eigenvalue weighted by molar-refractivity contribution is 6.32. The van der Waals surface area contributed by atoms with E-state index in [4.69, 9.17) is 11.6 Å². The minimum atomic E-state index is -0.0219. The molecule has 1 aromatic rings. The monoisotopic (exact) mass is 294 g/mol. The van der Waals surface area contributed by atoms with Crippen LogP contribution in [-0.2, 0) is 4.79 Å². The molecule has 0 radical (unpaired) electrons. The molecular weight excluding hydrogens is 276 g/mol. The van der Waals surface area contributed by atoms with Gasteiger partial charge < -0.3 is 5.32 Å². The van der Waals surface area contributed by atoms with Crippen LogP contribution in [-0.4, -0.2) is 59.5 Å². The zero-order chi connectivity index (χ0) is 13.9. The van der Waals surface area contributed by atoms with Crippen LogP contribution in [0.2, 0.25) is 5.15 Å². The molecule has 1 aromatic heterocycles. The maximum Gasteiger partial charge on any atom is 0.238 e. The van der Waals surface area contributed by atoms with E-state index in [9.17, 15) is 4.79 Å². The van der Waals surface area contributed by atoms with Crippen molar-refractivity contribution in [3.63, 3.8) is 0 Å². The molecule has 3 rings (SSSR count). The van der Waals surface area contributed by atoms with Crippen LogP contribution >= 0.6 is 11.6 Å². The Bertz CT molecular complexity index is 496. The summed E-state index contributed by atoms with van der Waals surface area (Å²) in [6.45, 7) is 4.68. The van der Waals surface area contributed by atoms with E-state index in [1.165, 1.54) is 19.4 Å². The Morgan fingerprint density at radius 1 is 1.45 bits per heavy atom. The number of hydrogen-bond acceptors (Lipinski definition) is 4. The number of piperazine rings is 1. The van der Waals surface area contributed by atoms with Crippen molar-refractivity contribution >= 4 is 23.2 Å². The number of hydrogen-bond donors (Lipinski definition) is 1. The van der Waals surface area contributed by atoms with E-state index >= 15 is 0 Å². The first-order valence-corrected chi connectivity index (χ1v) is 7.47. The van der Waals surface area contributed by atoms with E-state index in [2.05, 4.69) is 20.1 Å². The fourth-order valence-electron chi connectivity index (χ4n) is 3.07. The maximum absolute atomic E-state index is 12.1. The van der Waals surface area contributed by atoms with E-state index in [0.717, 1.165) is 19.6 Å². The molecule has 1 N–H and O–H groups in total. The van der Waals surface area contributed by atoms with Crippen molar-refractivity contribution in [3.8, 4) is 0 Å². The Hall–Kier alpha value is -1.17. The topological polar surface area (TPSA) is 48.5 Å². The second kappa shape index (κ2) is 6.08. The van der Waals surface area contributed by atoms with Crippen LogP contribution in [0.1, 0.15) is 12.8 Å². The predicted octanol–water partition coefficient (Wildman–Crippen LogP) is 1.45. The standard InChI is InChI=1S/C14H19ClN4O/c15-14-12(4-1-5-16-14)17-13(20)10-18-7-8-19-6-2-3-11(19)9-18/h1,4-5,11H,2-3,6-10H2,(H,17,20). The van der Waals surface area contributed by atoms with Crippen molar-refractivity contribution in [2.45, 2.75) is 18.9 Å². The molecule has 0 saturated carbocycles. The van der Waals surface area contributed by atoms with E-state index in [1.54, 1.807) is 18.3 Å². The SMILES string of the molecule is O=C(CN1CCN2CCCC2C1)Nc1cccnc1Cl. The van der Waals surface area contributed by atoms with Gasteiger partial charge in [0, 0.05) is 31.9 Å². The molecule has 1 atom stereocenters. The summed E-state index contributed by atoms with van der Waals surface area (Å²) in [7, 11) is 0. The van der Waals surface area contributed by atoms with Gasteiger partial charge >= 0.3 is 0 Å². The van der Waals surface area contributed by atoms with E-state index in [1.807, 2.05) is 0 Å². The third-order valence-electron chi connectivity index (χ3n) is 4.07. The predicted molar refractivity (Wildman–Crippen MR) is 78.9 cm³/mol. The van der Waals surface area contributed by atoms with E-state index < -0.39 is 0 Å². The number of pyridine rings is 1. The third kappa shape index (κ3) is 3.11. The minimum absolute atomic E-state index is 0.0219. The molecule has 0 bridgehead atoms. The van der Waals surface area contributed by atoms with Crippen LogP contribution in [0.15, 0.2) is 18.3 Å². The van der Waals surface area contributed by atoms with E-state index in [0.29, 0.717) is 23.4 Å². The van der Waals surface area contributed by atoms with Crippen LogP contribution < -0.4 is 5.32 Å². The molecule has 2 saturated heterocycles. The number of amides is 1. The lowest BCUT2D eigenvalue weighted by Crippen LogP contribution is -2.51. The summed E-state index contributed by atoms with van der Waals surface area (Å²) in [5.74, 6) is -0.0219. The van der Waals surface area contributed by atoms with Crippen molar-refractivity contribution in [2.75, 3.05) is 38.0 Å². The summed E-state index contributed by atoms with van der Waals surface area (Å²) in [5, 5.41) is 3.16. The van der Waals surface area contributed by atoms with Gasteiger partial charge in [-0.1, -0.05) is 11.6 Å². The average molecular weight is 295 g/mol. The summed E-state index contributed by atoms with van der Waals surface area (Å²) >= 11 is 5.94. The first kappa shape index (κ1) is 13.8. The highest BCUT2D eigenvalue weighted by Crippen LogP contribution is 2.21. The summed E-state index contributed by atoms with van der Waals surface area (Å²) in [6.07, 6.45) is 4.15. The summed E-state index contributed by atoms with van der Waals surface area (Å²) in [6, 6.07) is 4.17. The first-order valence-electron chi connectivity index (χ1n) is 7.09. The van der Waals surface area contributed by atoms with E-state index in [-0.39, 0.29) is 5.91 Å². The number of fused-ring (bicyclic) bond motifs is 1. The number of halogens is 1. The Labute approximate surface area is 123 Å². The molecule has 2 fully saturated rings. The average Bonchev–Trinajstić information content (AvgIpc) is 2.89. The number of nitrogens with one attached hydrogen (secondary N) is 1. The largest absolute Gasteiger partial charge is 0.322 e. The highest BCUT2D eigenvalue weighted by Gasteiger charge is 2.31. The van der Waals surface area contributed by atoms with Gasteiger partial charge in [0.05, 0.1) is 12.2 Å². The second-order valence-electron chi connectivity index (χ2n) is 5.46. The lowest BCUT2D eigenvalue weighted by Gasteiger charge is -2.37. The van der Waals surface area contributed by atoms with Gasteiger partial charge in [0.15, 0.2) is 5.15 Å². The number of carbonyl (C=O) groups excluding carboxylic acids is 1. The van der Waals surface area contributed by atoms with Crippen molar-refractivity contribution in [1.82, 2.24) is 14.8 Å². The molecule has 6 heteroatoms. The lowest BCUT2D eigenvalue weighted by atomic mass is 10.1. The van der Waals surface area contributed by atoms with Gasteiger partial charge in [0.25, 0.3) is 0 Å². The molecule has 2 aliphatic heterocycles. The second-order valence-corrected chi connectivity index (χ2v) is 5.82. The van der Waals surface area contributed by atoms with Crippen molar-refractivity contribution in [3.05, 3.63) is 23.5 Å². The van der Waals surface area contributed by atoms with Gasteiger partial charge in [-0.2, -0.15) is 0 Å². The van der Waals surface area contributed by atoms with Crippen LogP contribution in [0.4, 0.5) is 5.69 Å². The van der Waals surface area contributed by atoms with Crippen LogP contribution in [0.3, 0.4) is 0 Å². The number of rotatable bonds is 3. The van der Waals surface area contributed by atoms with Crippen LogP contribution in [0, 0.1) is 0 Å². The number of nitrogens with zero attached hydrogens (tertiary/aromatic N) is 3. The minimum Gasteiger partial charge on any atom is -0.322 e. The molecular formula is C14H19ClN4O. The van der Waals surface area contributed by atoms with Crippen LogP contribution in [0.5, 0.6) is 0 Å². The zero-order valence-electron chi connectivity index (χ0n) is 11.4. The smallest absolute Gasteiger partial charge is 0.238 e. The number of aromatic nitrogens is 1. The van der Waals surface area contributed by atoms with Gasteiger partial charge in [-0.25, -0.2) is 4.98 Å². The summed E-state index contributed by atoms with van der Waals surface area (Å²) < 4.78 is 0. The molecule has 0 aliphatic carbocycles. The molecule has 5 nitrogen and oxygen atoms in total. The summed E-state index contributed by atoms with van der Waals surface area (Å²) in [4.78, 5) is 20.8. The zero-order valence-corrected chi connectivity index (χ0v) is 12.1. The first-order chi connectivity index (χ1) is 9.72. The van der Waals surface area contributed by atoms with Gasteiger partial charge in [0.2, 0.25) is 5.91 Å². The Balaban J connectivity index is 1.53. The molecule has 108 valence electrons. The lowest BCUT2D eigenvalue weighted by molar-refractivity contribution is -0.117. The van der Waals surface area contributed by atoms with Gasteiger partial charge in [-0.3, -0.25) is 14.6 Å². The Morgan fingerprint density at radius 2 is 2.35 bits per heavy atom. The van der Waals surface area contributed by atoms with Gasteiger partial charge in [0.1, 0.15) is 0 Å². The Kier molecular flexibility index (Phi) is 4.19. The fourth-order valence-corrected chi connectivity index (χ4v) is 3.24. The molecule has 1 unspecified atom stereocenters. The van der Waals surface area contributed by atoms with Crippen molar-refractivity contribution in [1.29, 1.82) is 0 Å². The van der Waals surface area contributed by atoms with Crippen molar-refractivity contribution < 1.29 is 4.79 Å². The quantitative estimate of drug-likeness (QED) is 0.858. The third-order valence-corrected chi connectivity index (χ3v) is 4.37. The molecule has 2 aliphatic rings. The van der Waals surface area contributed by atoms with Crippen molar-refractivity contribution in [2.24, 2.45) is 0 Å². The molecule has 20 heavy (non-hydrogen) atoms. The summed E-state index contributed by atoms with van der Waals surface area (Å²) in [5.41, 5.74) is 0.582. The number of anilines is 1. The Morgan fingerprint density at radius 3 is 3.20 bits per heavy atom. The molecule has 0 aromatic carbocycles. The molecule has 1 amide bonds. The normalized spacial score (nSPS) is 23.6.